The number of phenols is 2. The largest absolute Gasteiger partial charge is 0.508 e. The van der Waals surface area contributed by atoms with Crippen LogP contribution in [0.25, 0.3) is 44.6 Å². The number of aromatic hydroxyl groups is 2. The molecule has 6 heteroatoms. The molecular formula is C21H16N4O2. The van der Waals surface area contributed by atoms with Crippen LogP contribution >= 0.6 is 0 Å². The Morgan fingerprint density at radius 3 is 2.56 bits per heavy atom. The number of aromatic nitrogens is 4. The Morgan fingerprint density at radius 1 is 0.889 bits per heavy atom. The van der Waals surface area contributed by atoms with E-state index in [2.05, 4.69) is 20.2 Å². The zero-order valence-corrected chi connectivity index (χ0v) is 14.5. The molecule has 5 aromatic rings. The van der Waals surface area contributed by atoms with E-state index in [1.165, 1.54) is 0 Å². The van der Waals surface area contributed by atoms with Gasteiger partial charge in [-0.1, -0.05) is 24.3 Å². The molecule has 4 N–H and O–H groups in total. The summed E-state index contributed by atoms with van der Waals surface area (Å²) in [5.74, 6) is 0.987. The lowest BCUT2D eigenvalue weighted by Crippen LogP contribution is -1.85. The second-order valence-electron chi connectivity index (χ2n) is 6.54. The average Bonchev–Trinajstić information content (AvgIpc) is 3.28. The molecule has 132 valence electrons. The molecule has 0 spiro atoms. The first-order chi connectivity index (χ1) is 13.1. The number of rotatable bonds is 2. The number of benzene rings is 3. The number of hydrogen-bond acceptors (Lipinski definition) is 4. The first-order valence-corrected chi connectivity index (χ1v) is 8.57. The lowest BCUT2D eigenvalue weighted by Gasteiger charge is -2.08. The van der Waals surface area contributed by atoms with Crippen molar-refractivity contribution in [2.75, 3.05) is 0 Å². The molecule has 0 saturated carbocycles. The van der Waals surface area contributed by atoms with E-state index in [4.69, 9.17) is 0 Å². The van der Waals surface area contributed by atoms with Gasteiger partial charge < -0.3 is 15.2 Å². The molecule has 0 radical (unpaired) electrons. The molecule has 0 fully saturated rings. The van der Waals surface area contributed by atoms with Crippen molar-refractivity contribution in [3.63, 3.8) is 0 Å². The zero-order valence-electron chi connectivity index (χ0n) is 14.5. The van der Waals surface area contributed by atoms with Crippen LogP contribution in [0.5, 0.6) is 11.5 Å². The Kier molecular flexibility index (Phi) is 3.21. The summed E-state index contributed by atoms with van der Waals surface area (Å²) in [6.45, 7) is 1.90. The third-order valence-corrected chi connectivity index (χ3v) is 4.89. The number of hydrogen-bond donors (Lipinski definition) is 4. The van der Waals surface area contributed by atoms with Crippen molar-refractivity contribution in [3.8, 4) is 34.1 Å². The molecule has 0 aliphatic carbocycles. The fourth-order valence-corrected chi connectivity index (χ4v) is 3.43. The number of nitrogens with zero attached hydrogens (tertiary/aromatic N) is 2. The van der Waals surface area contributed by atoms with Gasteiger partial charge in [0.2, 0.25) is 0 Å². The monoisotopic (exact) mass is 356 g/mol. The molecular weight excluding hydrogens is 340 g/mol. The molecule has 0 aliphatic rings. The van der Waals surface area contributed by atoms with Gasteiger partial charge in [0.05, 0.1) is 11.0 Å². The van der Waals surface area contributed by atoms with Crippen molar-refractivity contribution in [3.05, 3.63) is 60.2 Å². The number of H-pyrrole nitrogens is 2. The number of aromatic amines is 2. The highest BCUT2D eigenvalue weighted by Crippen LogP contribution is 2.34. The van der Waals surface area contributed by atoms with Crippen molar-refractivity contribution < 1.29 is 10.2 Å². The summed E-state index contributed by atoms with van der Waals surface area (Å²) in [5, 5.41) is 28.4. The van der Waals surface area contributed by atoms with Gasteiger partial charge in [-0.15, -0.1) is 0 Å². The summed E-state index contributed by atoms with van der Waals surface area (Å²) in [4.78, 5) is 7.73. The van der Waals surface area contributed by atoms with E-state index in [1.807, 2.05) is 43.3 Å². The van der Waals surface area contributed by atoms with E-state index in [0.717, 1.165) is 33.1 Å². The summed E-state index contributed by atoms with van der Waals surface area (Å²) in [6.07, 6.45) is 0. The molecule has 3 aromatic carbocycles. The number of para-hydroxylation sites is 1. The molecule has 0 atom stereocenters. The van der Waals surface area contributed by atoms with E-state index in [1.54, 1.807) is 18.2 Å². The van der Waals surface area contributed by atoms with Crippen molar-refractivity contribution >= 4 is 21.9 Å². The van der Waals surface area contributed by atoms with Crippen LogP contribution in [0.15, 0.2) is 54.6 Å². The zero-order chi connectivity index (χ0) is 18.5. The van der Waals surface area contributed by atoms with Gasteiger partial charge in [0, 0.05) is 5.39 Å². The van der Waals surface area contributed by atoms with Gasteiger partial charge >= 0.3 is 0 Å². The fourth-order valence-electron chi connectivity index (χ4n) is 3.43. The van der Waals surface area contributed by atoms with Crippen LogP contribution in [0.1, 0.15) is 5.56 Å². The predicted molar refractivity (Wildman–Crippen MR) is 105 cm³/mol. The summed E-state index contributed by atoms with van der Waals surface area (Å²) in [6, 6.07) is 16.7. The van der Waals surface area contributed by atoms with Crippen LogP contribution < -0.4 is 0 Å². The highest BCUT2D eigenvalue weighted by atomic mass is 16.3. The van der Waals surface area contributed by atoms with Gasteiger partial charge in [0.25, 0.3) is 0 Å². The summed E-state index contributed by atoms with van der Waals surface area (Å²) < 4.78 is 0. The van der Waals surface area contributed by atoms with E-state index < -0.39 is 0 Å². The lowest BCUT2D eigenvalue weighted by atomic mass is 9.98. The summed E-state index contributed by atoms with van der Waals surface area (Å²) >= 11 is 0. The second kappa shape index (κ2) is 5.60. The Labute approximate surface area is 154 Å². The topological polar surface area (TPSA) is 97.8 Å². The molecule has 0 saturated heterocycles. The number of imidazole rings is 1. The standard InChI is InChI=1S/C21H16N4O2/c1-11-13(4-2-6-17(11)26)12-8-9-15-14(10-12)19(25-24-15)21-22-16-5-3-7-18(27)20(16)23-21/h2-10,26-27H,1H3,(H,22,23)(H,24,25). The average molecular weight is 356 g/mol. The Bertz CT molecular complexity index is 1320. The maximum atomic E-state index is 10.0. The first kappa shape index (κ1) is 15.5. The third-order valence-electron chi connectivity index (χ3n) is 4.89. The van der Waals surface area contributed by atoms with Crippen LogP contribution in [0, 0.1) is 6.92 Å². The maximum Gasteiger partial charge on any atom is 0.159 e. The van der Waals surface area contributed by atoms with Crippen molar-refractivity contribution in [1.82, 2.24) is 20.2 Å². The molecule has 0 unspecified atom stereocenters. The minimum Gasteiger partial charge on any atom is -0.508 e. The van der Waals surface area contributed by atoms with E-state index in [-0.39, 0.29) is 11.5 Å². The van der Waals surface area contributed by atoms with Crippen LogP contribution in [-0.2, 0) is 0 Å². The van der Waals surface area contributed by atoms with Gasteiger partial charge in [-0.2, -0.15) is 5.10 Å². The predicted octanol–water partition coefficient (Wildman–Crippen LogP) is 4.49. The molecule has 0 bridgehead atoms. The summed E-state index contributed by atoms with van der Waals surface area (Å²) in [7, 11) is 0. The van der Waals surface area contributed by atoms with Gasteiger partial charge in [-0.3, -0.25) is 5.10 Å². The first-order valence-electron chi connectivity index (χ1n) is 8.57. The minimum atomic E-state index is 0.130. The number of fused-ring (bicyclic) bond motifs is 2. The van der Waals surface area contributed by atoms with Crippen LogP contribution in [0.3, 0.4) is 0 Å². The molecule has 0 amide bonds. The van der Waals surface area contributed by atoms with Gasteiger partial charge in [0.15, 0.2) is 5.82 Å². The molecule has 2 heterocycles. The van der Waals surface area contributed by atoms with Crippen LogP contribution in [-0.4, -0.2) is 30.4 Å². The normalized spacial score (nSPS) is 11.4. The van der Waals surface area contributed by atoms with Gasteiger partial charge in [0.1, 0.15) is 22.7 Å². The second-order valence-corrected chi connectivity index (χ2v) is 6.54. The minimum absolute atomic E-state index is 0.130. The summed E-state index contributed by atoms with van der Waals surface area (Å²) in [5.41, 5.74) is 5.61. The molecule has 0 aliphatic heterocycles. The molecule has 5 rings (SSSR count). The number of phenolic OH excluding ortho intramolecular Hbond substituents is 2. The van der Waals surface area contributed by atoms with E-state index in [0.29, 0.717) is 17.0 Å². The van der Waals surface area contributed by atoms with Crippen molar-refractivity contribution in [2.45, 2.75) is 6.92 Å². The molecule has 2 aromatic heterocycles. The smallest absolute Gasteiger partial charge is 0.159 e. The SMILES string of the molecule is Cc1c(O)cccc1-c1ccc2[nH]nc(-c3nc4c(O)cccc4[nH]3)c2c1. The highest BCUT2D eigenvalue weighted by molar-refractivity contribution is 5.96. The van der Waals surface area contributed by atoms with E-state index in [9.17, 15) is 10.2 Å². The fraction of sp³-hybridized carbons (Fsp3) is 0.0476. The van der Waals surface area contributed by atoms with Crippen molar-refractivity contribution in [1.29, 1.82) is 0 Å². The Hall–Kier alpha value is -3.80. The Balaban J connectivity index is 1.71. The number of nitrogens with one attached hydrogen (secondary N) is 2. The van der Waals surface area contributed by atoms with Gasteiger partial charge in [-0.25, -0.2) is 4.98 Å². The van der Waals surface area contributed by atoms with Gasteiger partial charge in [-0.05, 0) is 53.9 Å². The molecule has 27 heavy (non-hydrogen) atoms. The Morgan fingerprint density at radius 2 is 1.70 bits per heavy atom. The maximum absolute atomic E-state index is 10.0. The quantitative estimate of drug-likeness (QED) is 0.374. The van der Waals surface area contributed by atoms with Crippen LogP contribution in [0.4, 0.5) is 0 Å². The highest BCUT2D eigenvalue weighted by Gasteiger charge is 2.15. The van der Waals surface area contributed by atoms with E-state index >= 15 is 0 Å². The lowest BCUT2D eigenvalue weighted by molar-refractivity contribution is 0.471. The van der Waals surface area contributed by atoms with Crippen molar-refractivity contribution in [2.24, 2.45) is 0 Å². The third kappa shape index (κ3) is 2.34. The molecule has 6 nitrogen and oxygen atoms in total. The van der Waals surface area contributed by atoms with Crippen LogP contribution in [0.2, 0.25) is 0 Å².